The molecule has 0 unspecified atom stereocenters. The number of aromatic nitrogens is 2. The number of nitrogens with zero attached hydrogens (tertiary/aromatic N) is 3. The van der Waals surface area contributed by atoms with Gasteiger partial charge in [0, 0.05) is 29.6 Å². The third-order valence-corrected chi connectivity index (χ3v) is 3.43. The monoisotopic (exact) mass is 338 g/mol. The van der Waals surface area contributed by atoms with E-state index in [-0.39, 0.29) is 17.2 Å². The SMILES string of the molecule is COc1ccc(-c2ccnc(Nc3cccc(O)c3)n2)cc1[N+](=O)[O-]. The summed E-state index contributed by atoms with van der Waals surface area (Å²) < 4.78 is 5.00. The predicted octanol–water partition coefficient (Wildman–Crippen LogP) is 3.51. The zero-order chi connectivity index (χ0) is 17.8. The molecule has 3 rings (SSSR count). The van der Waals surface area contributed by atoms with Crippen LogP contribution in [-0.2, 0) is 0 Å². The zero-order valence-electron chi connectivity index (χ0n) is 13.2. The molecule has 0 spiro atoms. The van der Waals surface area contributed by atoms with E-state index in [1.54, 1.807) is 36.5 Å². The van der Waals surface area contributed by atoms with E-state index >= 15 is 0 Å². The van der Waals surface area contributed by atoms with E-state index in [4.69, 9.17) is 4.74 Å². The summed E-state index contributed by atoms with van der Waals surface area (Å²) in [6.07, 6.45) is 1.55. The van der Waals surface area contributed by atoms with Crippen LogP contribution in [0.2, 0.25) is 0 Å². The summed E-state index contributed by atoms with van der Waals surface area (Å²) >= 11 is 0. The van der Waals surface area contributed by atoms with Gasteiger partial charge in [0.25, 0.3) is 0 Å². The highest BCUT2D eigenvalue weighted by Gasteiger charge is 2.16. The lowest BCUT2D eigenvalue weighted by molar-refractivity contribution is -0.385. The van der Waals surface area contributed by atoms with Gasteiger partial charge in [-0.15, -0.1) is 0 Å². The largest absolute Gasteiger partial charge is 0.508 e. The Bertz CT molecular complexity index is 930. The highest BCUT2D eigenvalue weighted by molar-refractivity contribution is 5.67. The number of ether oxygens (including phenoxy) is 1. The molecule has 0 saturated heterocycles. The Hall–Kier alpha value is -3.68. The number of phenols is 1. The Kier molecular flexibility index (Phi) is 4.42. The summed E-state index contributed by atoms with van der Waals surface area (Å²) in [5.41, 5.74) is 1.57. The van der Waals surface area contributed by atoms with Gasteiger partial charge in [-0.2, -0.15) is 0 Å². The number of anilines is 2. The van der Waals surface area contributed by atoms with Gasteiger partial charge in [0.1, 0.15) is 5.75 Å². The number of hydrogen-bond acceptors (Lipinski definition) is 7. The summed E-state index contributed by atoms with van der Waals surface area (Å²) in [6.45, 7) is 0. The van der Waals surface area contributed by atoms with Crippen molar-refractivity contribution in [2.75, 3.05) is 12.4 Å². The van der Waals surface area contributed by atoms with Crippen LogP contribution in [0.4, 0.5) is 17.3 Å². The number of aromatic hydroxyl groups is 1. The van der Waals surface area contributed by atoms with Crippen LogP contribution in [0.1, 0.15) is 0 Å². The summed E-state index contributed by atoms with van der Waals surface area (Å²) in [5, 5.41) is 23.6. The molecule has 2 aromatic carbocycles. The van der Waals surface area contributed by atoms with E-state index in [0.717, 1.165) is 0 Å². The average Bonchev–Trinajstić information content (AvgIpc) is 2.61. The standard InChI is InChI=1S/C17H14N4O4/c1-25-16-6-5-11(9-15(16)21(23)24)14-7-8-18-17(20-14)19-12-3-2-4-13(22)10-12/h2-10,22H,1H3,(H,18,19,20). The van der Waals surface area contributed by atoms with Crippen molar-refractivity contribution in [3.05, 3.63) is 64.8 Å². The van der Waals surface area contributed by atoms with E-state index in [0.29, 0.717) is 22.9 Å². The highest BCUT2D eigenvalue weighted by atomic mass is 16.6. The van der Waals surface area contributed by atoms with Crippen LogP contribution < -0.4 is 10.1 Å². The third-order valence-electron chi connectivity index (χ3n) is 3.43. The van der Waals surface area contributed by atoms with Gasteiger partial charge in [0.05, 0.1) is 17.7 Å². The molecule has 0 saturated carbocycles. The lowest BCUT2D eigenvalue weighted by Crippen LogP contribution is -1.98. The molecule has 0 radical (unpaired) electrons. The minimum Gasteiger partial charge on any atom is -0.508 e. The molecule has 8 nitrogen and oxygen atoms in total. The fourth-order valence-electron chi connectivity index (χ4n) is 2.28. The van der Waals surface area contributed by atoms with Gasteiger partial charge in [-0.3, -0.25) is 10.1 Å². The maximum absolute atomic E-state index is 11.2. The lowest BCUT2D eigenvalue weighted by Gasteiger charge is -2.08. The Labute approximate surface area is 142 Å². The molecule has 0 aliphatic heterocycles. The first kappa shape index (κ1) is 16.2. The van der Waals surface area contributed by atoms with Crippen molar-refractivity contribution in [1.82, 2.24) is 9.97 Å². The van der Waals surface area contributed by atoms with Crippen molar-refractivity contribution in [3.8, 4) is 22.8 Å². The fraction of sp³-hybridized carbons (Fsp3) is 0.0588. The molecule has 0 aliphatic rings. The van der Waals surface area contributed by atoms with Crippen LogP contribution in [0, 0.1) is 10.1 Å². The van der Waals surface area contributed by atoms with Crippen molar-refractivity contribution in [1.29, 1.82) is 0 Å². The minimum atomic E-state index is -0.505. The molecule has 0 atom stereocenters. The van der Waals surface area contributed by atoms with Crippen LogP contribution in [0.3, 0.4) is 0 Å². The molecular formula is C17H14N4O4. The second kappa shape index (κ2) is 6.83. The molecule has 0 amide bonds. The van der Waals surface area contributed by atoms with Crippen LogP contribution in [0.25, 0.3) is 11.3 Å². The van der Waals surface area contributed by atoms with Crippen molar-refractivity contribution < 1.29 is 14.8 Å². The zero-order valence-corrected chi connectivity index (χ0v) is 13.2. The third kappa shape index (κ3) is 3.63. The van der Waals surface area contributed by atoms with E-state index < -0.39 is 4.92 Å². The van der Waals surface area contributed by atoms with Crippen LogP contribution in [0.15, 0.2) is 54.7 Å². The van der Waals surface area contributed by atoms with Crippen molar-refractivity contribution in [3.63, 3.8) is 0 Å². The number of phenolic OH excluding ortho intramolecular Hbond substituents is 1. The first-order chi connectivity index (χ1) is 12.1. The molecule has 126 valence electrons. The number of nitro benzene ring substituents is 1. The topological polar surface area (TPSA) is 110 Å². The first-order valence-electron chi connectivity index (χ1n) is 7.29. The Balaban J connectivity index is 1.94. The van der Waals surface area contributed by atoms with E-state index in [2.05, 4.69) is 15.3 Å². The minimum absolute atomic E-state index is 0.118. The maximum atomic E-state index is 11.2. The Morgan fingerprint density at radius 1 is 1.20 bits per heavy atom. The van der Waals surface area contributed by atoms with E-state index in [1.807, 2.05) is 0 Å². The summed E-state index contributed by atoms with van der Waals surface area (Å²) in [6, 6.07) is 12.8. The van der Waals surface area contributed by atoms with Gasteiger partial charge >= 0.3 is 5.69 Å². The molecule has 1 aromatic heterocycles. The Morgan fingerprint density at radius 2 is 2.04 bits per heavy atom. The smallest absolute Gasteiger partial charge is 0.311 e. The lowest BCUT2D eigenvalue weighted by atomic mass is 10.1. The summed E-state index contributed by atoms with van der Waals surface area (Å²) in [7, 11) is 1.38. The summed E-state index contributed by atoms with van der Waals surface area (Å²) in [5.74, 6) is 0.606. The van der Waals surface area contributed by atoms with E-state index in [1.165, 1.54) is 25.3 Å². The molecule has 0 bridgehead atoms. The van der Waals surface area contributed by atoms with Gasteiger partial charge in [0.2, 0.25) is 5.95 Å². The molecule has 25 heavy (non-hydrogen) atoms. The predicted molar refractivity (Wildman–Crippen MR) is 92.1 cm³/mol. The first-order valence-corrected chi connectivity index (χ1v) is 7.29. The second-order valence-electron chi connectivity index (χ2n) is 5.08. The van der Waals surface area contributed by atoms with Gasteiger partial charge in [0.15, 0.2) is 5.75 Å². The van der Waals surface area contributed by atoms with E-state index in [9.17, 15) is 15.2 Å². The number of methoxy groups -OCH3 is 1. The number of hydrogen-bond donors (Lipinski definition) is 2. The normalized spacial score (nSPS) is 10.3. The van der Waals surface area contributed by atoms with Crippen LogP contribution in [-0.4, -0.2) is 27.1 Å². The van der Waals surface area contributed by atoms with Gasteiger partial charge in [-0.1, -0.05) is 6.07 Å². The van der Waals surface area contributed by atoms with Crippen LogP contribution in [0.5, 0.6) is 11.5 Å². The highest BCUT2D eigenvalue weighted by Crippen LogP contribution is 2.31. The molecular weight excluding hydrogens is 324 g/mol. The molecule has 0 aliphatic carbocycles. The quantitative estimate of drug-likeness (QED) is 0.541. The molecule has 8 heteroatoms. The number of nitrogens with one attached hydrogen (secondary N) is 1. The Morgan fingerprint density at radius 3 is 2.76 bits per heavy atom. The van der Waals surface area contributed by atoms with Crippen LogP contribution >= 0.6 is 0 Å². The molecule has 1 heterocycles. The number of benzene rings is 2. The maximum Gasteiger partial charge on any atom is 0.311 e. The van der Waals surface area contributed by atoms with Gasteiger partial charge in [-0.25, -0.2) is 9.97 Å². The summed E-state index contributed by atoms with van der Waals surface area (Å²) in [4.78, 5) is 19.1. The van der Waals surface area contributed by atoms with Gasteiger partial charge in [-0.05, 0) is 30.3 Å². The number of rotatable bonds is 5. The average molecular weight is 338 g/mol. The van der Waals surface area contributed by atoms with Gasteiger partial charge < -0.3 is 15.2 Å². The van der Waals surface area contributed by atoms with Crippen molar-refractivity contribution in [2.24, 2.45) is 0 Å². The fourth-order valence-corrected chi connectivity index (χ4v) is 2.28. The molecule has 0 fully saturated rings. The van der Waals surface area contributed by atoms with Crippen molar-refractivity contribution >= 4 is 17.3 Å². The number of nitro groups is 1. The molecule has 2 N–H and O–H groups in total. The molecule has 3 aromatic rings. The second-order valence-corrected chi connectivity index (χ2v) is 5.08. The van der Waals surface area contributed by atoms with Crippen molar-refractivity contribution in [2.45, 2.75) is 0 Å².